The van der Waals surface area contributed by atoms with Crippen LogP contribution in [0.5, 0.6) is 0 Å². The normalized spacial score (nSPS) is 48.4. The fraction of sp³-hybridized carbons (Fsp3) is 0.909. The molecule has 2 aliphatic carbocycles. The monoisotopic (exact) mass is 246 g/mol. The van der Waals surface area contributed by atoms with Crippen LogP contribution in [0.4, 0.5) is 0 Å². The first-order valence-corrected chi connectivity index (χ1v) is 5.86. The minimum Gasteiger partial charge on any atom is -0.466 e. The summed E-state index contributed by atoms with van der Waals surface area (Å²) in [7, 11) is 0. The van der Waals surface area contributed by atoms with Crippen LogP contribution in [0.25, 0.3) is 0 Å². The number of fused-ring (bicyclic) bond motifs is 1. The van der Waals surface area contributed by atoms with Gasteiger partial charge in [0.15, 0.2) is 0 Å². The predicted molar refractivity (Wildman–Crippen MR) is 55.7 cm³/mol. The Hall–Kier alpha value is -0.690. The van der Waals surface area contributed by atoms with Gasteiger partial charge in [-0.2, -0.15) is 0 Å². The maximum Gasteiger partial charge on any atom is 0.309 e. The second kappa shape index (κ2) is 4.53. The Balaban J connectivity index is 2.13. The zero-order valence-corrected chi connectivity index (χ0v) is 9.56. The minimum atomic E-state index is -1.31. The quantitative estimate of drug-likeness (QED) is 0.434. The molecule has 0 aromatic rings. The van der Waals surface area contributed by atoms with Crippen molar-refractivity contribution < 1.29 is 30.0 Å². The molecule has 0 amide bonds. The Morgan fingerprint density at radius 3 is 2.29 bits per heavy atom. The Labute approximate surface area is 98.8 Å². The molecule has 2 fully saturated rings. The number of rotatable bonds is 3. The summed E-state index contributed by atoms with van der Waals surface area (Å²) in [5.74, 6) is -2.24. The number of esters is 1. The molecule has 0 aliphatic heterocycles. The summed E-state index contributed by atoms with van der Waals surface area (Å²) in [5.41, 5.74) is 0. The number of hydrogen-bond donors (Lipinski definition) is 4. The van der Waals surface area contributed by atoms with Gasteiger partial charge in [-0.05, 0) is 12.8 Å². The van der Waals surface area contributed by atoms with Crippen molar-refractivity contribution in [3.8, 4) is 0 Å². The third kappa shape index (κ3) is 1.85. The largest absolute Gasteiger partial charge is 0.466 e. The standard InChI is InChI=1S/C11H18O6/c1-2-17-11(16)7-5-4(3-12)8(13)10(15)9(14)6(5)7/h4-10,12-15H,2-3H2,1H3/t4-,5+,6-,7-,8+,9-,10-/m0/s1. The van der Waals surface area contributed by atoms with Crippen LogP contribution in [0.1, 0.15) is 6.92 Å². The average Bonchev–Trinajstić information content (AvgIpc) is 3.02. The van der Waals surface area contributed by atoms with E-state index >= 15 is 0 Å². The summed E-state index contributed by atoms with van der Waals surface area (Å²) < 4.78 is 4.87. The van der Waals surface area contributed by atoms with Gasteiger partial charge in [-0.25, -0.2) is 0 Å². The highest BCUT2D eigenvalue weighted by atomic mass is 16.5. The van der Waals surface area contributed by atoms with Crippen LogP contribution < -0.4 is 0 Å². The fourth-order valence-corrected chi connectivity index (χ4v) is 3.04. The van der Waals surface area contributed by atoms with Gasteiger partial charge in [-0.15, -0.1) is 0 Å². The Bertz CT molecular complexity index is 306. The van der Waals surface area contributed by atoms with Gasteiger partial charge in [-0.3, -0.25) is 4.79 Å². The number of aliphatic hydroxyl groups excluding tert-OH is 4. The highest BCUT2D eigenvalue weighted by molar-refractivity contribution is 5.77. The molecular formula is C11H18O6. The van der Waals surface area contributed by atoms with Gasteiger partial charge < -0.3 is 25.2 Å². The Morgan fingerprint density at radius 1 is 1.12 bits per heavy atom. The smallest absolute Gasteiger partial charge is 0.309 e. The lowest BCUT2D eigenvalue weighted by molar-refractivity contribution is -0.145. The molecule has 0 unspecified atom stereocenters. The van der Waals surface area contributed by atoms with Crippen molar-refractivity contribution >= 4 is 5.97 Å². The molecular weight excluding hydrogens is 228 g/mol. The van der Waals surface area contributed by atoms with E-state index in [1.807, 2.05) is 0 Å². The van der Waals surface area contributed by atoms with Crippen molar-refractivity contribution in [2.45, 2.75) is 25.2 Å². The third-order valence-electron chi connectivity index (χ3n) is 3.93. The van der Waals surface area contributed by atoms with Crippen LogP contribution in [0.3, 0.4) is 0 Å². The fourth-order valence-electron chi connectivity index (χ4n) is 3.04. The molecule has 0 bridgehead atoms. The Morgan fingerprint density at radius 2 is 1.76 bits per heavy atom. The molecule has 4 N–H and O–H groups in total. The van der Waals surface area contributed by atoms with Crippen molar-refractivity contribution in [1.29, 1.82) is 0 Å². The van der Waals surface area contributed by atoms with Crippen LogP contribution >= 0.6 is 0 Å². The molecule has 0 heterocycles. The molecule has 2 rings (SSSR count). The van der Waals surface area contributed by atoms with E-state index in [0.717, 1.165) is 0 Å². The summed E-state index contributed by atoms with van der Waals surface area (Å²) in [4.78, 5) is 11.6. The minimum absolute atomic E-state index is 0.250. The molecule has 6 heteroatoms. The summed E-state index contributed by atoms with van der Waals surface area (Å²) in [6, 6.07) is 0. The molecule has 7 atom stereocenters. The summed E-state index contributed by atoms with van der Waals surface area (Å²) in [6.45, 7) is 1.62. The average molecular weight is 246 g/mol. The first-order valence-electron chi connectivity index (χ1n) is 5.86. The van der Waals surface area contributed by atoms with Crippen molar-refractivity contribution in [1.82, 2.24) is 0 Å². The van der Waals surface area contributed by atoms with Gasteiger partial charge in [-0.1, -0.05) is 0 Å². The van der Waals surface area contributed by atoms with E-state index in [1.165, 1.54) is 0 Å². The molecule has 0 spiro atoms. The first kappa shape index (κ1) is 12.8. The molecule has 0 aromatic heterocycles. The molecule has 17 heavy (non-hydrogen) atoms. The second-order valence-corrected chi connectivity index (χ2v) is 4.75. The first-order chi connectivity index (χ1) is 8.04. The third-order valence-corrected chi connectivity index (χ3v) is 3.93. The van der Waals surface area contributed by atoms with E-state index in [-0.39, 0.29) is 19.1 Å². The van der Waals surface area contributed by atoms with Crippen LogP contribution in [0, 0.1) is 23.7 Å². The van der Waals surface area contributed by atoms with Gasteiger partial charge >= 0.3 is 5.97 Å². The maximum atomic E-state index is 11.6. The van der Waals surface area contributed by atoms with Crippen molar-refractivity contribution in [3.63, 3.8) is 0 Å². The number of carbonyl (C=O) groups is 1. The predicted octanol–water partition coefficient (Wildman–Crippen LogP) is -1.88. The van der Waals surface area contributed by atoms with Crippen LogP contribution in [0.2, 0.25) is 0 Å². The van der Waals surface area contributed by atoms with Crippen molar-refractivity contribution in [3.05, 3.63) is 0 Å². The molecule has 0 radical (unpaired) electrons. The number of ether oxygens (including phenoxy) is 1. The van der Waals surface area contributed by atoms with Gasteiger partial charge in [0, 0.05) is 18.4 Å². The summed E-state index contributed by atoms with van der Waals surface area (Å²) >= 11 is 0. The molecule has 2 saturated carbocycles. The summed E-state index contributed by atoms with van der Waals surface area (Å²) in [6.07, 6.45) is -3.64. The van der Waals surface area contributed by atoms with E-state index in [2.05, 4.69) is 0 Å². The number of carbonyl (C=O) groups excluding carboxylic acids is 1. The van der Waals surface area contributed by atoms with Gasteiger partial charge in [0.25, 0.3) is 0 Å². The van der Waals surface area contributed by atoms with E-state index in [1.54, 1.807) is 6.92 Å². The van der Waals surface area contributed by atoms with E-state index in [0.29, 0.717) is 0 Å². The van der Waals surface area contributed by atoms with Crippen LogP contribution in [-0.2, 0) is 9.53 Å². The van der Waals surface area contributed by atoms with Crippen molar-refractivity contribution in [2.24, 2.45) is 23.7 Å². The SMILES string of the molecule is CCOC(=O)[C@@H]1[C@H]2[C@H](O)[C@@H](O)[C@H](O)[C@@H](CO)[C@@H]12. The Kier molecular flexibility index (Phi) is 3.40. The zero-order chi connectivity index (χ0) is 12.7. The maximum absolute atomic E-state index is 11.6. The molecule has 0 saturated heterocycles. The molecule has 0 aromatic carbocycles. The lowest BCUT2D eigenvalue weighted by Crippen LogP contribution is -2.49. The number of aliphatic hydroxyl groups is 4. The van der Waals surface area contributed by atoms with E-state index in [9.17, 15) is 25.2 Å². The van der Waals surface area contributed by atoms with Crippen LogP contribution in [0.15, 0.2) is 0 Å². The highest BCUT2D eigenvalue weighted by Crippen LogP contribution is 2.58. The lowest BCUT2D eigenvalue weighted by atomic mass is 9.83. The van der Waals surface area contributed by atoms with E-state index in [4.69, 9.17) is 4.74 Å². The van der Waals surface area contributed by atoms with Crippen molar-refractivity contribution in [2.75, 3.05) is 13.2 Å². The lowest BCUT2D eigenvalue weighted by Gasteiger charge is -2.33. The highest BCUT2D eigenvalue weighted by Gasteiger charge is 2.68. The second-order valence-electron chi connectivity index (χ2n) is 4.75. The molecule has 2 aliphatic rings. The molecule has 6 nitrogen and oxygen atoms in total. The van der Waals surface area contributed by atoms with E-state index < -0.39 is 42.0 Å². The zero-order valence-electron chi connectivity index (χ0n) is 9.56. The van der Waals surface area contributed by atoms with Gasteiger partial charge in [0.05, 0.1) is 24.7 Å². The topological polar surface area (TPSA) is 107 Å². The van der Waals surface area contributed by atoms with Gasteiger partial charge in [0.2, 0.25) is 0 Å². The number of hydrogen-bond acceptors (Lipinski definition) is 6. The van der Waals surface area contributed by atoms with Gasteiger partial charge in [0.1, 0.15) is 6.10 Å². The summed E-state index contributed by atoms with van der Waals surface area (Å²) in [5, 5.41) is 38.3. The molecule has 98 valence electrons. The van der Waals surface area contributed by atoms with Crippen LogP contribution in [-0.4, -0.2) is 57.9 Å².